The molecule has 0 spiro atoms. The molecular formula is C27H24N4O. The Morgan fingerprint density at radius 3 is 2.81 bits per heavy atom. The summed E-state index contributed by atoms with van der Waals surface area (Å²) in [5, 5.41) is 1.33. The van der Waals surface area contributed by atoms with Crippen molar-refractivity contribution in [1.29, 1.82) is 0 Å². The lowest BCUT2D eigenvalue weighted by atomic mass is 9.91. The normalized spacial score (nSPS) is 16.3. The molecule has 1 aliphatic rings. The summed E-state index contributed by atoms with van der Waals surface area (Å²) in [5.74, 6) is 0.877. The minimum atomic E-state index is 0.105. The van der Waals surface area contributed by atoms with Gasteiger partial charge in [0.05, 0.1) is 24.2 Å². The molecule has 5 nitrogen and oxygen atoms in total. The van der Waals surface area contributed by atoms with Crippen LogP contribution in [0.4, 0.5) is 0 Å². The highest BCUT2D eigenvalue weighted by Crippen LogP contribution is 2.40. The van der Waals surface area contributed by atoms with Crippen LogP contribution in [0.2, 0.25) is 0 Å². The number of para-hydroxylation sites is 2. The van der Waals surface area contributed by atoms with Gasteiger partial charge >= 0.3 is 0 Å². The minimum Gasteiger partial charge on any atom is -0.497 e. The number of ether oxygens (including phenoxy) is 1. The molecule has 3 heterocycles. The number of benzene rings is 3. The van der Waals surface area contributed by atoms with Gasteiger partial charge in [-0.25, -0.2) is 0 Å². The number of methoxy groups -OCH3 is 1. The van der Waals surface area contributed by atoms with Gasteiger partial charge < -0.3 is 9.72 Å². The first-order valence-corrected chi connectivity index (χ1v) is 11.0. The zero-order valence-corrected chi connectivity index (χ0v) is 18.0. The molecule has 0 bridgehead atoms. The highest BCUT2D eigenvalue weighted by molar-refractivity contribution is 5.85. The Balaban J connectivity index is 1.49. The lowest BCUT2D eigenvalue weighted by molar-refractivity contribution is 0.202. The van der Waals surface area contributed by atoms with E-state index in [4.69, 9.17) is 4.74 Å². The van der Waals surface area contributed by atoms with E-state index in [1.165, 1.54) is 33.3 Å². The molecule has 158 valence electrons. The van der Waals surface area contributed by atoms with Crippen molar-refractivity contribution in [3.05, 3.63) is 102 Å². The SMILES string of the molecule is COc1cccc([C@@H]2c3[nH]c4ccccc4c3CCN2Cc2cccc3nccnc23)c1. The van der Waals surface area contributed by atoms with Gasteiger partial charge in [0.25, 0.3) is 0 Å². The van der Waals surface area contributed by atoms with Crippen LogP contribution in [0.5, 0.6) is 5.75 Å². The summed E-state index contributed by atoms with van der Waals surface area (Å²) in [6.45, 7) is 1.76. The lowest BCUT2D eigenvalue weighted by Gasteiger charge is -2.36. The summed E-state index contributed by atoms with van der Waals surface area (Å²) in [5.41, 5.74) is 8.22. The molecule has 5 heteroatoms. The van der Waals surface area contributed by atoms with E-state index in [9.17, 15) is 0 Å². The van der Waals surface area contributed by atoms with Crippen LogP contribution in [0.25, 0.3) is 21.9 Å². The molecule has 0 aliphatic carbocycles. The summed E-state index contributed by atoms with van der Waals surface area (Å²) >= 11 is 0. The van der Waals surface area contributed by atoms with Gasteiger partial charge in [-0.05, 0) is 47.4 Å². The van der Waals surface area contributed by atoms with Gasteiger partial charge in [0.2, 0.25) is 0 Å². The number of hydrogen-bond acceptors (Lipinski definition) is 4. The van der Waals surface area contributed by atoms with Crippen molar-refractivity contribution in [3.63, 3.8) is 0 Å². The third kappa shape index (κ3) is 3.13. The monoisotopic (exact) mass is 420 g/mol. The zero-order valence-electron chi connectivity index (χ0n) is 18.0. The first-order valence-electron chi connectivity index (χ1n) is 11.0. The Morgan fingerprint density at radius 2 is 1.88 bits per heavy atom. The third-order valence-electron chi connectivity index (χ3n) is 6.50. The van der Waals surface area contributed by atoms with Crippen LogP contribution in [0.15, 0.2) is 79.1 Å². The topological polar surface area (TPSA) is 54.0 Å². The summed E-state index contributed by atoms with van der Waals surface area (Å²) in [6, 6.07) is 23.4. The molecule has 6 rings (SSSR count). The molecule has 0 amide bonds. The number of H-pyrrole nitrogens is 1. The maximum absolute atomic E-state index is 5.56. The van der Waals surface area contributed by atoms with Gasteiger partial charge in [0, 0.05) is 42.1 Å². The Hall–Kier alpha value is -3.70. The number of aromatic amines is 1. The maximum Gasteiger partial charge on any atom is 0.119 e. The van der Waals surface area contributed by atoms with Crippen LogP contribution in [0.3, 0.4) is 0 Å². The van der Waals surface area contributed by atoms with E-state index in [0.717, 1.165) is 36.3 Å². The van der Waals surface area contributed by atoms with Crippen LogP contribution in [0.1, 0.15) is 28.4 Å². The molecule has 0 radical (unpaired) electrons. The van der Waals surface area contributed by atoms with Gasteiger partial charge in [-0.2, -0.15) is 0 Å². The first kappa shape index (κ1) is 19.0. The number of nitrogens with zero attached hydrogens (tertiary/aromatic N) is 3. The fraction of sp³-hybridized carbons (Fsp3) is 0.185. The van der Waals surface area contributed by atoms with Crippen molar-refractivity contribution < 1.29 is 4.74 Å². The van der Waals surface area contributed by atoms with E-state index >= 15 is 0 Å². The number of rotatable bonds is 4. The van der Waals surface area contributed by atoms with Crippen LogP contribution in [-0.2, 0) is 13.0 Å². The standard InChI is InChI=1S/C27H24N4O/c1-32-20-8-4-6-18(16-20)27-26-22(21-9-2-3-10-23(21)30-26)12-15-31(27)17-19-7-5-11-24-25(19)29-14-13-28-24/h2-11,13-14,16,27,30H,12,15,17H2,1H3/t27-/m1/s1. The summed E-state index contributed by atoms with van der Waals surface area (Å²) in [4.78, 5) is 15.4. The molecule has 1 atom stereocenters. The Labute approximate surface area is 186 Å². The average Bonchev–Trinajstić information content (AvgIpc) is 3.23. The Morgan fingerprint density at radius 1 is 1.00 bits per heavy atom. The van der Waals surface area contributed by atoms with Crippen molar-refractivity contribution in [1.82, 2.24) is 19.9 Å². The molecule has 0 fully saturated rings. The Kier molecular flexibility index (Phi) is 4.62. The Bertz CT molecular complexity index is 1420. The van der Waals surface area contributed by atoms with Crippen molar-refractivity contribution in [2.45, 2.75) is 19.0 Å². The number of aromatic nitrogens is 3. The van der Waals surface area contributed by atoms with Crippen molar-refractivity contribution in [3.8, 4) is 5.75 Å². The fourth-order valence-electron chi connectivity index (χ4n) is 5.05. The molecule has 2 aromatic heterocycles. The molecular weight excluding hydrogens is 396 g/mol. The van der Waals surface area contributed by atoms with Gasteiger partial charge in [-0.1, -0.05) is 42.5 Å². The van der Waals surface area contributed by atoms with Crippen molar-refractivity contribution in [2.75, 3.05) is 13.7 Å². The zero-order chi connectivity index (χ0) is 21.5. The van der Waals surface area contributed by atoms with Crippen molar-refractivity contribution in [2.24, 2.45) is 0 Å². The van der Waals surface area contributed by atoms with E-state index in [2.05, 4.69) is 74.4 Å². The summed E-state index contributed by atoms with van der Waals surface area (Å²) in [6.07, 6.45) is 4.54. The van der Waals surface area contributed by atoms with Gasteiger partial charge in [0.15, 0.2) is 0 Å². The fourth-order valence-corrected chi connectivity index (χ4v) is 5.05. The average molecular weight is 421 g/mol. The molecule has 0 saturated carbocycles. The second-order valence-electron chi connectivity index (χ2n) is 8.30. The van der Waals surface area contributed by atoms with E-state index in [1.807, 2.05) is 12.1 Å². The third-order valence-corrected chi connectivity index (χ3v) is 6.50. The van der Waals surface area contributed by atoms with E-state index in [1.54, 1.807) is 19.5 Å². The van der Waals surface area contributed by atoms with Gasteiger partial charge in [-0.15, -0.1) is 0 Å². The van der Waals surface area contributed by atoms with E-state index in [0.29, 0.717) is 0 Å². The quantitative estimate of drug-likeness (QED) is 0.430. The molecule has 3 aromatic carbocycles. The summed E-state index contributed by atoms with van der Waals surface area (Å²) in [7, 11) is 1.72. The molecule has 0 unspecified atom stereocenters. The second kappa shape index (κ2) is 7.77. The maximum atomic E-state index is 5.56. The molecule has 5 aromatic rings. The minimum absolute atomic E-state index is 0.105. The summed E-state index contributed by atoms with van der Waals surface area (Å²) < 4.78 is 5.56. The van der Waals surface area contributed by atoms with E-state index < -0.39 is 0 Å². The first-order chi connectivity index (χ1) is 15.8. The predicted octanol–water partition coefficient (Wildman–Crippen LogP) is 5.27. The second-order valence-corrected chi connectivity index (χ2v) is 8.30. The highest BCUT2D eigenvalue weighted by Gasteiger charge is 2.32. The van der Waals surface area contributed by atoms with Crippen LogP contribution < -0.4 is 4.74 Å². The number of hydrogen-bond donors (Lipinski definition) is 1. The molecule has 1 aliphatic heterocycles. The number of nitrogens with one attached hydrogen (secondary N) is 1. The molecule has 1 N–H and O–H groups in total. The van der Waals surface area contributed by atoms with Gasteiger partial charge in [0.1, 0.15) is 5.75 Å². The molecule has 32 heavy (non-hydrogen) atoms. The van der Waals surface area contributed by atoms with Crippen LogP contribution >= 0.6 is 0 Å². The lowest BCUT2D eigenvalue weighted by Crippen LogP contribution is -2.35. The molecule has 0 saturated heterocycles. The largest absolute Gasteiger partial charge is 0.497 e. The van der Waals surface area contributed by atoms with Crippen molar-refractivity contribution >= 4 is 21.9 Å². The highest BCUT2D eigenvalue weighted by atomic mass is 16.5. The van der Waals surface area contributed by atoms with Crippen LogP contribution in [-0.4, -0.2) is 33.5 Å². The smallest absolute Gasteiger partial charge is 0.119 e. The predicted molar refractivity (Wildman–Crippen MR) is 127 cm³/mol. The van der Waals surface area contributed by atoms with E-state index in [-0.39, 0.29) is 6.04 Å². The van der Waals surface area contributed by atoms with Gasteiger partial charge in [-0.3, -0.25) is 14.9 Å². The van der Waals surface area contributed by atoms with Crippen LogP contribution in [0, 0.1) is 0 Å². The number of fused-ring (bicyclic) bond motifs is 4.